The van der Waals surface area contributed by atoms with Crippen molar-refractivity contribution >= 4 is 34.4 Å². The van der Waals surface area contributed by atoms with Crippen molar-refractivity contribution in [1.29, 1.82) is 0 Å². The minimum atomic E-state index is -0.497. The number of nitrogens with one attached hydrogen (secondary N) is 1. The zero-order valence-electron chi connectivity index (χ0n) is 8.59. The van der Waals surface area contributed by atoms with Crippen molar-refractivity contribution in [3.8, 4) is 0 Å². The van der Waals surface area contributed by atoms with Crippen molar-refractivity contribution in [1.82, 2.24) is 4.98 Å². The smallest absolute Gasteiger partial charge is 0.276 e. The molecule has 2 heterocycles. The molecule has 88 valence electrons. The molecule has 2 aromatic rings. The lowest BCUT2D eigenvalue weighted by molar-refractivity contribution is -0.384. The topological polar surface area (TPSA) is 68.1 Å². The Bertz CT molecular complexity index is 530. The summed E-state index contributed by atoms with van der Waals surface area (Å²) in [5, 5.41) is 17.7. The van der Waals surface area contributed by atoms with E-state index in [0.29, 0.717) is 12.4 Å². The lowest BCUT2D eigenvalue weighted by atomic mass is 10.3. The summed E-state index contributed by atoms with van der Waals surface area (Å²) in [6.07, 6.45) is 0. The van der Waals surface area contributed by atoms with Crippen LogP contribution in [0.5, 0.6) is 0 Å². The summed E-state index contributed by atoms with van der Waals surface area (Å²) in [7, 11) is 0. The summed E-state index contributed by atoms with van der Waals surface area (Å²) in [6, 6.07) is 4.55. The van der Waals surface area contributed by atoms with Crippen LogP contribution < -0.4 is 5.32 Å². The van der Waals surface area contributed by atoms with Crippen LogP contribution in [0, 0.1) is 10.1 Å². The highest BCUT2D eigenvalue weighted by atomic mass is 35.5. The molecule has 0 aliphatic rings. The maximum atomic E-state index is 10.6. The highest BCUT2D eigenvalue weighted by Gasteiger charge is 2.09. The zero-order chi connectivity index (χ0) is 12.3. The molecule has 0 atom stereocenters. The number of hydrogen-bond acceptors (Lipinski definition) is 5. The number of rotatable bonds is 4. The molecule has 0 aliphatic carbocycles. The van der Waals surface area contributed by atoms with Crippen LogP contribution in [0.15, 0.2) is 29.0 Å². The number of aromatic nitrogens is 1. The Balaban J connectivity index is 2.13. The van der Waals surface area contributed by atoms with E-state index in [1.54, 1.807) is 11.3 Å². The van der Waals surface area contributed by atoms with Gasteiger partial charge in [-0.2, -0.15) is 11.3 Å². The average Bonchev–Trinajstić information content (AvgIpc) is 2.78. The predicted octanol–water partition coefficient (Wildman–Crippen LogP) is 3.32. The average molecular weight is 270 g/mol. The minimum Gasteiger partial charge on any atom is -0.366 e. The summed E-state index contributed by atoms with van der Waals surface area (Å²) in [6.45, 7) is 0.563. The number of nitro groups is 1. The molecule has 0 saturated heterocycles. The second-order valence-corrected chi connectivity index (χ2v) is 4.44. The van der Waals surface area contributed by atoms with Crippen LogP contribution in [0.4, 0.5) is 11.5 Å². The van der Waals surface area contributed by atoms with Crippen LogP contribution in [-0.4, -0.2) is 9.91 Å². The molecular formula is C10H8ClN3O2S. The van der Waals surface area contributed by atoms with Crippen LogP contribution >= 0.6 is 22.9 Å². The van der Waals surface area contributed by atoms with Gasteiger partial charge in [-0.25, -0.2) is 4.98 Å². The second-order valence-electron chi connectivity index (χ2n) is 3.28. The molecule has 0 fully saturated rings. The molecule has 2 aromatic heterocycles. The van der Waals surface area contributed by atoms with Gasteiger partial charge in [0.2, 0.25) is 0 Å². The fourth-order valence-corrected chi connectivity index (χ4v) is 2.14. The van der Waals surface area contributed by atoms with Gasteiger partial charge >= 0.3 is 0 Å². The number of pyridine rings is 1. The van der Waals surface area contributed by atoms with Gasteiger partial charge < -0.3 is 5.32 Å². The van der Waals surface area contributed by atoms with Gasteiger partial charge in [-0.1, -0.05) is 11.6 Å². The van der Waals surface area contributed by atoms with Crippen molar-refractivity contribution in [2.75, 3.05) is 5.32 Å². The third-order valence-electron chi connectivity index (χ3n) is 2.04. The maximum Gasteiger partial charge on any atom is 0.276 e. The first-order valence-corrected chi connectivity index (χ1v) is 6.04. The minimum absolute atomic E-state index is 0.0715. The Hall–Kier alpha value is -1.66. The molecule has 0 amide bonds. The van der Waals surface area contributed by atoms with Gasteiger partial charge in [0.1, 0.15) is 11.0 Å². The molecule has 0 aliphatic heterocycles. The standard InChI is InChI=1S/C10H8ClN3O2S/c11-9-3-8(14(15)16)4-10(13-9)12-5-7-1-2-17-6-7/h1-4,6H,5H2,(H,12,13). The number of thiophene rings is 1. The van der Waals surface area contributed by atoms with Crippen LogP contribution in [0.3, 0.4) is 0 Å². The summed E-state index contributed by atoms with van der Waals surface area (Å²) < 4.78 is 0. The van der Waals surface area contributed by atoms with Crippen molar-refractivity contribution < 1.29 is 4.92 Å². The van der Waals surface area contributed by atoms with Gasteiger partial charge in [0.25, 0.3) is 5.69 Å². The van der Waals surface area contributed by atoms with Gasteiger partial charge in [0.15, 0.2) is 0 Å². The number of nitrogens with zero attached hydrogens (tertiary/aromatic N) is 2. The van der Waals surface area contributed by atoms with E-state index in [-0.39, 0.29) is 10.8 Å². The zero-order valence-corrected chi connectivity index (χ0v) is 10.2. The molecule has 0 spiro atoms. The normalized spacial score (nSPS) is 10.2. The molecule has 1 N–H and O–H groups in total. The lowest BCUT2D eigenvalue weighted by Gasteiger charge is -2.04. The molecule has 0 radical (unpaired) electrons. The summed E-state index contributed by atoms with van der Waals surface area (Å²) >= 11 is 7.29. The number of anilines is 1. The molecule has 0 aromatic carbocycles. The van der Waals surface area contributed by atoms with Crippen LogP contribution in [-0.2, 0) is 6.54 Å². The van der Waals surface area contributed by atoms with E-state index >= 15 is 0 Å². The Morgan fingerprint density at radius 3 is 3.00 bits per heavy atom. The Kier molecular flexibility index (Phi) is 3.55. The third-order valence-corrected chi connectivity index (χ3v) is 2.97. The molecule has 17 heavy (non-hydrogen) atoms. The molecule has 2 rings (SSSR count). The summed E-state index contributed by atoms with van der Waals surface area (Å²) in [5.41, 5.74) is 1.03. The van der Waals surface area contributed by atoms with Crippen molar-refractivity contribution in [2.45, 2.75) is 6.54 Å². The van der Waals surface area contributed by atoms with E-state index in [9.17, 15) is 10.1 Å². The fraction of sp³-hybridized carbons (Fsp3) is 0.100. The molecule has 5 nitrogen and oxygen atoms in total. The SMILES string of the molecule is O=[N+]([O-])c1cc(Cl)nc(NCc2ccsc2)c1. The summed E-state index contributed by atoms with van der Waals surface area (Å²) in [4.78, 5) is 14.1. The van der Waals surface area contributed by atoms with Crippen LogP contribution in [0.2, 0.25) is 5.15 Å². The van der Waals surface area contributed by atoms with E-state index in [0.717, 1.165) is 5.56 Å². The van der Waals surface area contributed by atoms with Crippen molar-refractivity contribution in [2.24, 2.45) is 0 Å². The van der Waals surface area contributed by atoms with Crippen LogP contribution in [0.1, 0.15) is 5.56 Å². The number of halogens is 1. The largest absolute Gasteiger partial charge is 0.366 e. The lowest BCUT2D eigenvalue weighted by Crippen LogP contribution is -2.01. The van der Waals surface area contributed by atoms with E-state index in [1.165, 1.54) is 12.1 Å². The monoisotopic (exact) mass is 269 g/mol. The summed E-state index contributed by atoms with van der Waals surface area (Å²) in [5.74, 6) is 0.399. The second kappa shape index (κ2) is 5.11. The van der Waals surface area contributed by atoms with Crippen LogP contribution in [0.25, 0.3) is 0 Å². The Morgan fingerprint density at radius 1 is 1.53 bits per heavy atom. The first-order valence-electron chi connectivity index (χ1n) is 4.72. The van der Waals surface area contributed by atoms with Crippen molar-refractivity contribution in [3.05, 3.63) is 49.8 Å². The third kappa shape index (κ3) is 3.15. The van der Waals surface area contributed by atoms with Gasteiger partial charge in [0.05, 0.1) is 17.1 Å². The van der Waals surface area contributed by atoms with E-state index in [4.69, 9.17) is 11.6 Å². The van der Waals surface area contributed by atoms with Gasteiger partial charge in [-0.15, -0.1) is 0 Å². The predicted molar refractivity (Wildman–Crippen MR) is 67.5 cm³/mol. The molecule has 0 unspecified atom stereocenters. The first kappa shape index (κ1) is 11.8. The highest BCUT2D eigenvalue weighted by Crippen LogP contribution is 2.21. The van der Waals surface area contributed by atoms with E-state index in [1.807, 2.05) is 16.8 Å². The van der Waals surface area contributed by atoms with Crippen molar-refractivity contribution in [3.63, 3.8) is 0 Å². The molecule has 0 saturated carbocycles. The van der Waals surface area contributed by atoms with Gasteiger partial charge in [-0.3, -0.25) is 10.1 Å². The number of hydrogen-bond donors (Lipinski definition) is 1. The fourth-order valence-electron chi connectivity index (χ4n) is 1.27. The quantitative estimate of drug-likeness (QED) is 0.525. The van der Waals surface area contributed by atoms with Gasteiger partial charge in [-0.05, 0) is 22.4 Å². The highest BCUT2D eigenvalue weighted by molar-refractivity contribution is 7.07. The first-order chi connectivity index (χ1) is 8.15. The maximum absolute atomic E-state index is 10.6. The molecular weight excluding hydrogens is 262 g/mol. The Morgan fingerprint density at radius 2 is 2.35 bits per heavy atom. The molecule has 7 heteroatoms. The Labute approximate surface area is 106 Å². The molecule has 0 bridgehead atoms. The van der Waals surface area contributed by atoms with E-state index in [2.05, 4.69) is 10.3 Å². The van der Waals surface area contributed by atoms with E-state index < -0.39 is 4.92 Å². The van der Waals surface area contributed by atoms with Gasteiger partial charge in [0, 0.05) is 6.54 Å².